The van der Waals surface area contributed by atoms with Gasteiger partial charge in [0.25, 0.3) is 5.91 Å². The molecule has 3 rings (SSSR count). The molecule has 1 aromatic rings. The molecule has 3 amide bonds. The van der Waals surface area contributed by atoms with Gasteiger partial charge in [0, 0.05) is 12.6 Å². The second-order valence-electron chi connectivity index (χ2n) is 5.30. The molecule has 6 heteroatoms. The van der Waals surface area contributed by atoms with Crippen molar-refractivity contribution in [1.29, 1.82) is 0 Å². The summed E-state index contributed by atoms with van der Waals surface area (Å²) in [5, 5.41) is 0. The van der Waals surface area contributed by atoms with Gasteiger partial charge in [-0.25, -0.2) is 4.79 Å². The topological polar surface area (TPSA) is 59.1 Å². The molecule has 1 atom stereocenters. The molecule has 112 valence electrons. The van der Waals surface area contributed by atoms with Crippen molar-refractivity contribution in [2.45, 2.75) is 18.8 Å². The molecule has 1 unspecified atom stereocenters. The lowest BCUT2D eigenvalue weighted by Crippen LogP contribution is -2.46. The van der Waals surface area contributed by atoms with Gasteiger partial charge in [0.15, 0.2) is 0 Å². The van der Waals surface area contributed by atoms with Gasteiger partial charge in [0.05, 0.1) is 19.8 Å². The second kappa shape index (κ2) is 5.13. The molecule has 0 N–H and O–H groups in total. The summed E-state index contributed by atoms with van der Waals surface area (Å²) in [6.45, 7) is 2.86. The predicted molar refractivity (Wildman–Crippen MR) is 74.4 cm³/mol. The Kier molecular flexibility index (Phi) is 3.43. The molecule has 0 aliphatic carbocycles. The van der Waals surface area contributed by atoms with Crippen molar-refractivity contribution in [2.24, 2.45) is 0 Å². The minimum Gasteiger partial charge on any atom is -0.342 e. The summed E-state index contributed by atoms with van der Waals surface area (Å²) in [6, 6.07) is 8.69. The Balaban J connectivity index is 1.90. The minimum atomic E-state index is -0.989. The van der Waals surface area contributed by atoms with Crippen molar-refractivity contribution in [3.05, 3.63) is 35.9 Å². The predicted octanol–water partition coefficient (Wildman–Crippen LogP) is 1.17. The van der Waals surface area contributed by atoms with Crippen LogP contribution < -0.4 is 0 Å². The highest BCUT2D eigenvalue weighted by Gasteiger charge is 2.48. The summed E-state index contributed by atoms with van der Waals surface area (Å²) in [6.07, 6.45) is 0. The third-order valence-electron chi connectivity index (χ3n) is 4.03. The molecular weight excluding hydrogens is 272 g/mol. The smallest absolute Gasteiger partial charge is 0.327 e. The fourth-order valence-electron chi connectivity index (χ4n) is 2.79. The van der Waals surface area contributed by atoms with Gasteiger partial charge in [-0.05, 0) is 6.92 Å². The number of nitrogens with zero attached hydrogens (tertiary/aromatic N) is 2. The summed E-state index contributed by atoms with van der Waals surface area (Å²) >= 11 is 0. The Bertz CT molecular complexity index is 554. The number of likely N-dealkylation sites (N-methyl/N-ethyl adjacent to an activating group) is 1. The number of carbonyl (C=O) groups is 2. The average molecular weight is 290 g/mol. The van der Waals surface area contributed by atoms with Crippen molar-refractivity contribution in [2.75, 3.05) is 26.8 Å². The number of amides is 3. The lowest BCUT2D eigenvalue weighted by atomic mass is 10.0. The maximum absolute atomic E-state index is 12.2. The van der Waals surface area contributed by atoms with Crippen LogP contribution in [0.3, 0.4) is 0 Å². The van der Waals surface area contributed by atoms with E-state index in [-0.39, 0.29) is 18.5 Å². The van der Waals surface area contributed by atoms with Crippen molar-refractivity contribution in [3.63, 3.8) is 0 Å². The molecule has 1 aromatic carbocycles. The maximum Gasteiger partial charge on any atom is 0.327 e. The first kappa shape index (κ1) is 14.0. The fourth-order valence-corrected chi connectivity index (χ4v) is 2.79. The van der Waals surface area contributed by atoms with Gasteiger partial charge in [-0.15, -0.1) is 0 Å². The Labute approximate surface area is 123 Å². The van der Waals surface area contributed by atoms with Crippen LogP contribution in [0.15, 0.2) is 30.3 Å². The molecule has 2 heterocycles. The summed E-state index contributed by atoms with van der Waals surface area (Å²) < 4.78 is 11.6. The molecule has 2 saturated heterocycles. The number of urea groups is 1. The highest BCUT2D eigenvalue weighted by atomic mass is 16.7. The maximum atomic E-state index is 12.2. The highest BCUT2D eigenvalue weighted by molar-refractivity contribution is 6.03. The third-order valence-corrected chi connectivity index (χ3v) is 4.03. The lowest BCUT2D eigenvalue weighted by Gasteiger charge is -2.33. The van der Waals surface area contributed by atoms with Crippen LogP contribution in [0, 0.1) is 0 Å². The van der Waals surface area contributed by atoms with E-state index < -0.39 is 11.8 Å². The van der Waals surface area contributed by atoms with E-state index >= 15 is 0 Å². The SMILES string of the molecule is CC1C(=O)N(C)C(=O)N1CC1(c2ccccc2)OCCO1. The molecule has 0 aromatic heterocycles. The van der Waals surface area contributed by atoms with Gasteiger partial charge in [0.2, 0.25) is 5.79 Å². The van der Waals surface area contributed by atoms with Crippen molar-refractivity contribution in [3.8, 4) is 0 Å². The van der Waals surface area contributed by atoms with E-state index in [0.717, 1.165) is 10.5 Å². The van der Waals surface area contributed by atoms with Gasteiger partial charge in [0.1, 0.15) is 6.04 Å². The van der Waals surface area contributed by atoms with E-state index in [1.165, 1.54) is 11.9 Å². The zero-order valence-corrected chi connectivity index (χ0v) is 12.1. The average Bonchev–Trinajstić information content (AvgIpc) is 3.06. The van der Waals surface area contributed by atoms with E-state index in [0.29, 0.717) is 13.2 Å². The third kappa shape index (κ3) is 2.20. The van der Waals surface area contributed by atoms with Gasteiger partial charge >= 0.3 is 6.03 Å². The van der Waals surface area contributed by atoms with Crippen molar-refractivity contribution >= 4 is 11.9 Å². The molecule has 0 radical (unpaired) electrons. The Morgan fingerprint density at radius 1 is 1.19 bits per heavy atom. The number of imide groups is 1. The fraction of sp³-hybridized carbons (Fsp3) is 0.467. The van der Waals surface area contributed by atoms with E-state index in [9.17, 15) is 9.59 Å². The molecule has 0 bridgehead atoms. The summed E-state index contributed by atoms with van der Waals surface area (Å²) in [5.41, 5.74) is 0.851. The van der Waals surface area contributed by atoms with E-state index in [1.54, 1.807) is 6.92 Å². The number of ether oxygens (including phenoxy) is 2. The first-order valence-electron chi connectivity index (χ1n) is 6.97. The van der Waals surface area contributed by atoms with Gasteiger partial charge < -0.3 is 14.4 Å². The Morgan fingerprint density at radius 3 is 2.33 bits per heavy atom. The molecule has 6 nitrogen and oxygen atoms in total. The Hall–Kier alpha value is -1.92. The molecule has 2 aliphatic heterocycles. The summed E-state index contributed by atoms with van der Waals surface area (Å²) in [7, 11) is 1.49. The monoisotopic (exact) mass is 290 g/mol. The zero-order valence-electron chi connectivity index (χ0n) is 12.1. The number of hydrogen-bond acceptors (Lipinski definition) is 4. The van der Waals surface area contributed by atoms with Crippen LogP contribution in [0.1, 0.15) is 12.5 Å². The number of carbonyl (C=O) groups excluding carboxylic acids is 2. The van der Waals surface area contributed by atoms with Crippen LogP contribution in [-0.2, 0) is 20.1 Å². The van der Waals surface area contributed by atoms with Crippen LogP contribution >= 0.6 is 0 Å². The Morgan fingerprint density at radius 2 is 1.81 bits per heavy atom. The van der Waals surface area contributed by atoms with Crippen LogP contribution in [0.2, 0.25) is 0 Å². The zero-order chi connectivity index (χ0) is 15.0. The number of benzene rings is 1. The first-order valence-corrected chi connectivity index (χ1v) is 6.97. The normalized spacial score (nSPS) is 25.0. The number of rotatable bonds is 3. The van der Waals surface area contributed by atoms with Crippen molar-refractivity contribution in [1.82, 2.24) is 9.80 Å². The van der Waals surface area contributed by atoms with Crippen LogP contribution in [0.4, 0.5) is 4.79 Å². The molecule has 0 spiro atoms. The lowest BCUT2D eigenvalue weighted by molar-refractivity contribution is -0.175. The molecule has 2 fully saturated rings. The van der Waals surface area contributed by atoms with Crippen molar-refractivity contribution < 1.29 is 19.1 Å². The molecule has 21 heavy (non-hydrogen) atoms. The van der Waals surface area contributed by atoms with E-state index in [1.807, 2.05) is 30.3 Å². The van der Waals surface area contributed by atoms with Crippen LogP contribution in [-0.4, -0.2) is 54.6 Å². The number of hydrogen-bond donors (Lipinski definition) is 0. The molecular formula is C15H18N2O4. The van der Waals surface area contributed by atoms with Crippen LogP contribution in [0.5, 0.6) is 0 Å². The quantitative estimate of drug-likeness (QED) is 0.784. The molecule has 2 aliphatic rings. The molecule has 0 saturated carbocycles. The standard InChI is InChI=1S/C15H18N2O4/c1-11-13(18)16(2)14(19)17(11)10-15(20-8-9-21-15)12-6-4-3-5-7-12/h3-7,11H,8-10H2,1-2H3. The van der Waals surface area contributed by atoms with E-state index in [4.69, 9.17) is 9.47 Å². The first-order chi connectivity index (χ1) is 10.1. The summed E-state index contributed by atoms with van der Waals surface area (Å²) in [5.74, 6) is -1.20. The highest BCUT2D eigenvalue weighted by Crippen LogP contribution is 2.34. The second-order valence-corrected chi connectivity index (χ2v) is 5.30. The minimum absolute atomic E-state index is 0.201. The van der Waals surface area contributed by atoms with Gasteiger partial charge in [-0.2, -0.15) is 0 Å². The largest absolute Gasteiger partial charge is 0.342 e. The van der Waals surface area contributed by atoms with Gasteiger partial charge in [-0.1, -0.05) is 30.3 Å². The summed E-state index contributed by atoms with van der Waals surface area (Å²) in [4.78, 5) is 26.8. The van der Waals surface area contributed by atoms with E-state index in [2.05, 4.69) is 0 Å². The van der Waals surface area contributed by atoms with Gasteiger partial charge in [-0.3, -0.25) is 9.69 Å². The van der Waals surface area contributed by atoms with Crippen LogP contribution in [0.25, 0.3) is 0 Å².